The number of anilines is 1. The highest BCUT2D eigenvalue weighted by molar-refractivity contribution is 7.92. The van der Waals surface area contributed by atoms with Crippen LogP contribution in [-0.2, 0) is 26.2 Å². The molecule has 1 atom stereocenters. The molecule has 3 aromatic carbocycles. The van der Waals surface area contributed by atoms with Gasteiger partial charge in [-0.2, -0.15) is 0 Å². The molecule has 0 aromatic heterocycles. The Bertz CT molecular complexity index is 1470. The van der Waals surface area contributed by atoms with Crippen LogP contribution in [0.1, 0.15) is 32.3 Å². The Labute approximate surface area is 251 Å². The van der Waals surface area contributed by atoms with Crippen molar-refractivity contribution in [2.24, 2.45) is 0 Å². The fraction of sp³-hybridized carbons (Fsp3) is 0.333. The fourth-order valence-electron chi connectivity index (χ4n) is 4.31. The number of methoxy groups -OCH3 is 2. The maximum absolute atomic E-state index is 14.1. The van der Waals surface area contributed by atoms with Crippen LogP contribution in [0.25, 0.3) is 0 Å². The molecule has 0 spiro atoms. The van der Waals surface area contributed by atoms with Crippen molar-refractivity contribution in [3.05, 3.63) is 83.1 Å². The second-order valence-corrected chi connectivity index (χ2v) is 11.7. The van der Waals surface area contributed by atoms with E-state index in [0.29, 0.717) is 29.3 Å². The smallest absolute Gasteiger partial charge is 0.264 e. The molecule has 0 aliphatic carbocycles. The van der Waals surface area contributed by atoms with Crippen LogP contribution in [0, 0.1) is 5.82 Å². The number of nitrogens with one attached hydrogen (secondary N) is 1. The van der Waals surface area contributed by atoms with Crippen LogP contribution in [0.3, 0.4) is 0 Å². The first-order valence-corrected chi connectivity index (χ1v) is 15.2. The first-order valence-electron chi connectivity index (χ1n) is 13.4. The summed E-state index contributed by atoms with van der Waals surface area (Å²) in [5.74, 6) is -0.913. The summed E-state index contributed by atoms with van der Waals surface area (Å²) in [6.45, 7) is 3.42. The predicted octanol–water partition coefficient (Wildman–Crippen LogP) is 5.03. The van der Waals surface area contributed by atoms with Gasteiger partial charge in [-0.05, 0) is 66.9 Å². The summed E-state index contributed by atoms with van der Waals surface area (Å²) >= 11 is 6.07. The van der Waals surface area contributed by atoms with E-state index in [0.717, 1.165) is 4.31 Å². The molecule has 1 N–H and O–H groups in total. The summed E-state index contributed by atoms with van der Waals surface area (Å²) in [6, 6.07) is 14.8. The minimum atomic E-state index is -4.34. The van der Waals surface area contributed by atoms with Crippen molar-refractivity contribution in [1.82, 2.24) is 10.2 Å². The summed E-state index contributed by atoms with van der Waals surface area (Å²) in [6.07, 6.45) is 0.966. The Balaban J connectivity index is 2.08. The SMILES string of the molecule is CCCNC(=O)[C@@H](CC)N(Cc1ccc(F)cc1)C(=O)CN(c1ccc(Cl)cc1)S(=O)(=O)c1ccc(OC)c(OC)c1. The minimum absolute atomic E-state index is 0.0397. The van der Waals surface area contributed by atoms with Gasteiger partial charge in [-0.3, -0.25) is 13.9 Å². The Morgan fingerprint density at radius 1 is 0.952 bits per heavy atom. The van der Waals surface area contributed by atoms with Crippen LogP contribution >= 0.6 is 11.6 Å². The third kappa shape index (κ3) is 7.92. The molecule has 226 valence electrons. The molecule has 0 saturated heterocycles. The summed E-state index contributed by atoms with van der Waals surface area (Å²) in [5.41, 5.74) is 0.764. The molecule has 0 aliphatic rings. The molecule has 0 heterocycles. The molecule has 0 bridgehead atoms. The van der Waals surface area contributed by atoms with Crippen molar-refractivity contribution in [2.75, 3.05) is 31.6 Å². The van der Waals surface area contributed by atoms with Crippen LogP contribution in [0.4, 0.5) is 10.1 Å². The van der Waals surface area contributed by atoms with E-state index in [9.17, 15) is 22.4 Å². The molecular formula is C30H35ClFN3O6S. The number of nitrogens with zero attached hydrogens (tertiary/aromatic N) is 2. The number of hydrogen-bond acceptors (Lipinski definition) is 6. The molecule has 0 saturated carbocycles. The normalized spacial score (nSPS) is 11.9. The lowest BCUT2D eigenvalue weighted by Gasteiger charge is -2.33. The van der Waals surface area contributed by atoms with E-state index in [1.165, 1.54) is 85.8 Å². The summed E-state index contributed by atoms with van der Waals surface area (Å²) in [4.78, 5) is 28.4. The molecule has 0 aliphatic heterocycles. The van der Waals surface area contributed by atoms with Crippen LogP contribution in [0.2, 0.25) is 5.02 Å². The van der Waals surface area contributed by atoms with Gasteiger partial charge >= 0.3 is 0 Å². The van der Waals surface area contributed by atoms with Gasteiger partial charge in [0, 0.05) is 24.2 Å². The minimum Gasteiger partial charge on any atom is -0.493 e. The molecular weight excluding hydrogens is 585 g/mol. The average molecular weight is 620 g/mol. The number of halogens is 2. The van der Waals surface area contributed by atoms with Crippen LogP contribution in [0.15, 0.2) is 71.6 Å². The quantitative estimate of drug-likeness (QED) is 0.272. The number of amides is 2. The van der Waals surface area contributed by atoms with E-state index in [4.69, 9.17) is 21.1 Å². The van der Waals surface area contributed by atoms with E-state index >= 15 is 0 Å². The Hall–Kier alpha value is -3.83. The zero-order valence-electron chi connectivity index (χ0n) is 24.0. The fourth-order valence-corrected chi connectivity index (χ4v) is 5.87. The standard InChI is InChI=1S/C30H35ClFN3O6S/c1-5-17-33-30(37)26(6-2)34(19-21-7-11-23(32)12-8-21)29(36)20-35(24-13-9-22(31)10-14-24)42(38,39)25-15-16-27(40-3)28(18-25)41-4/h7-16,18,26H,5-6,17,19-20H2,1-4H3,(H,33,37)/t26-/m1/s1. The van der Waals surface area contributed by atoms with E-state index in [2.05, 4.69) is 5.32 Å². The molecule has 3 rings (SSSR count). The molecule has 0 radical (unpaired) electrons. The number of ether oxygens (including phenoxy) is 2. The second-order valence-electron chi connectivity index (χ2n) is 9.37. The van der Waals surface area contributed by atoms with Crippen molar-refractivity contribution < 1.29 is 31.9 Å². The third-order valence-electron chi connectivity index (χ3n) is 6.54. The van der Waals surface area contributed by atoms with Crippen molar-refractivity contribution >= 4 is 39.1 Å². The zero-order chi connectivity index (χ0) is 30.9. The Kier molecular flexibility index (Phi) is 11.6. The molecule has 0 unspecified atom stereocenters. The van der Waals surface area contributed by atoms with E-state index in [-0.39, 0.29) is 35.2 Å². The Morgan fingerprint density at radius 2 is 1.60 bits per heavy atom. The second kappa shape index (κ2) is 14.9. The first-order chi connectivity index (χ1) is 20.0. The highest BCUT2D eigenvalue weighted by atomic mass is 35.5. The summed E-state index contributed by atoms with van der Waals surface area (Å²) < 4.78 is 53.2. The van der Waals surface area contributed by atoms with E-state index < -0.39 is 34.3 Å². The van der Waals surface area contributed by atoms with Gasteiger partial charge in [0.25, 0.3) is 10.0 Å². The first kappa shape index (κ1) is 32.7. The molecule has 42 heavy (non-hydrogen) atoms. The lowest BCUT2D eigenvalue weighted by atomic mass is 10.1. The maximum atomic E-state index is 14.1. The van der Waals surface area contributed by atoms with Crippen molar-refractivity contribution in [3.8, 4) is 11.5 Å². The lowest BCUT2D eigenvalue weighted by molar-refractivity contribution is -0.140. The molecule has 12 heteroatoms. The van der Waals surface area contributed by atoms with Crippen LogP contribution < -0.4 is 19.1 Å². The van der Waals surface area contributed by atoms with E-state index in [1.807, 2.05) is 6.92 Å². The van der Waals surface area contributed by atoms with Crippen LogP contribution in [0.5, 0.6) is 11.5 Å². The zero-order valence-corrected chi connectivity index (χ0v) is 25.5. The van der Waals surface area contributed by atoms with Gasteiger partial charge in [0.2, 0.25) is 11.8 Å². The van der Waals surface area contributed by atoms with Gasteiger partial charge in [-0.1, -0.05) is 37.6 Å². The number of sulfonamides is 1. The van der Waals surface area contributed by atoms with Crippen LogP contribution in [-0.4, -0.2) is 58.5 Å². The van der Waals surface area contributed by atoms with Gasteiger partial charge in [0.1, 0.15) is 18.4 Å². The van der Waals surface area contributed by atoms with Crippen molar-refractivity contribution in [2.45, 2.75) is 44.2 Å². The topological polar surface area (TPSA) is 105 Å². The third-order valence-corrected chi connectivity index (χ3v) is 8.56. The van der Waals surface area contributed by atoms with Gasteiger partial charge in [0.05, 0.1) is 24.8 Å². The monoisotopic (exact) mass is 619 g/mol. The number of rotatable bonds is 14. The highest BCUT2D eigenvalue weighted by Gasteiger charge is 2.34. The average Bonchev–Trinajstić information content (AvgIpc) is 2.99. The number of carbonyl (C=O) groups is 2. The van der Waals surface area contributed by atoms with Gasteiger partial charge in [0.15, 0.2) is 11.5 Å². The highest BCUT2D eigenvalue weighted by Crippen LogP contribution is 2.32. The molecule has 9 nitrogen and oxygen atoms in total. The summed E-state index contributed by atoms with van der Waals surface area (Å²) in [7, 11) is -1.52. The van der Waals surface area contributed by atoms with Gasteiger partial charge in [-0.25, -0.2) is 12.8 Å². The molecule has 3 aromatic rings. The number of benzene rings is 3. The molecule has 2 amide bonds. The van der Waals surface area contributed by atoms with Crippen molar-refractivity contribution in [3.63, 3.8) is 0 Å². The summed E-state index contributed by atoms with van der Waals surface area (Å²) in [5, 5.41) is 3.20. The Morgan fingerprint density at radius 3 is 2.17 bits per heavy atom. The largest absolute Gasteiger partial charge is 0.493 e. The van der Waals surface area contributed by atoms with Gasteiger partial charge < -0.3 is 19.7 Å². The number of carbonyl (C=O) groups excluding carboxylic acids is 2. The maximum Gasteiger partial charge on any atom is 0.264 e. The van der Waals surface area contributed by atoms with Crippen molar-refractivity contribution in [1.29, 1.82) is 0 Å². The lowest BCUT2D eigenvalue weighted by Crippen LogP contribution is -2.52. The molecule has 0 fully saturated rings. The predicted molar refractivity (Wildman–Crippen MR) is 160 cm³/mol. The van der Waals surface area contributed by atoms with Gasteiger partial charge in [-0.15, -0.1) is 0 Å². The number of hydrogen-bond donors (Lipinski definition) is 1. The van der Waals surface area contributed by atoms with E-state index in [1.54, 1.807) is 6.92 Å².